The summed E-state index contributed by atoms with van der Waals surface area (Å²) >= 11 is 6.03. The van der Waals surface area contributed by atoms with Gasteiger partial charge in [-0.2, -0.15) is 0 Å². The monoisotopic (exact) mass is 441 g/mol. The average molecular weight is 442 g/mol. The van der Waals surface area contributed by atoms with Crippen LogP contribution in [-0.2, 0) is 14.3 Å². The van der Waals surface area contributed by atoms with Gasteiger partial charge in [0.25, 0.3) is 0 Å². The summed E-state index contributed by atoms with van der Waals surface area (Å²) in [5, 5.41) is 0.774. The Labute approximate surface area is 189 Å². The Hall–Kier alpha value is -1.36. The van der Waals surface area contributed by atoms with Gasteiger partial charge in [-0.05, 0) is 73.1 Å². The molecule has 0 N–H and O–H groups in total. The number of carbonyl (C=O) groups excluding carboxylic acids is 1. The van der Waals surface area contributed by atoms with Gasteiger partial charge in [-0.1, -0.05) is 36.7 Å². The normalized spacial score (nSPS) is 42.0. The summed E-state index contributed by atoms with van der Waals surface area (Å²) in [5.74, 6) is 0.990. The van der Waals surface area contributed by atoms with Gasteiger partial charge in [0.1, 0.15) is 6.10 Å². The summed E-state index contributed by atoms with van der Waals surface area (Å²) in [6.45, 7) is 6.05. The zero-order valence-corrected chi connectivity index (χ0v) is 19.1. The molecular formula is C26H32ClNO3. The van der Waals surface area contributed by atoms with Crippen LogP contribution in [0.15, 0.2) is 30.3 Å². The number of epoxide rings is 1. The van der Waals surface area contributed by atoms with E-state index >= 15 is 0 Å². The van der Waals surface area contributed by atoms with E-state index in [1.54, 1.807) is 0 Å². The highest BCUT2D eigenvalue weighted by molar-refractivity contribution is 6.30. The van der Waals surface area contributed by atoms with Gasteiger partial charge in [0, 0.05) is 30.6 Å². The maximum Gasteiger partial charge on any atom is 0.310 e. The fourth-order valence-electron chi connectivity index (χ4n) is 7.25. The van der Waals surface area contributed by atoms with E-state index in [9.17, 15) is 4.79 Å². The van der Waals surface area contributed by atoms with E-state index in [-0.39, 0.29) is 29.0 Å². The first kappa shape index (κ1) is 20.3. The molecule has 1 aromatic carbocycles. The second-order valence-electron chi connectivity index (χ2n) is 10.8. The minimum Gasteiger partial charge on any atom is -0.462 e. The van der Waals surface area contributed by atoms with E-state index in [2.05, 4.69) is 30.0 Å². The van der Waals surface area contributed by atoms with E-state index in [0.29, 0.717) is 11.8 Å². The second-order valence-corrected chi connectivity index (χ2v) is 11.3. The smallest absolute Gasteiger partial charge is 0.310 e. The zero-order chi connectivity index (χ0) is 21.2. The molecule has 0 bridgehead atoms. The highest BCUT2D eigenvalue weighted by Crippen LogP contribution is 2.62. The molecule has 2 saturated heterocycles. The Balaban J connectivity index is 1.15. The van der Waals surface area contributed by atoms with Crippen LogP contribution in [0.3, 0.4) is 0 Å². The van der Waals surface area contributed by atoms with Gasteiger partial charge in [0.05, 0.1) is 18.1 Å². The van der Waals surface area contributed by atoms with Gasteiger partial charge in [-0.15, -0.1) is 0 Å². The van der Waals surface area contributed by atoms with E-state index in [4.69, 9.17) is 21.1 Å². The topological polar surface area (TPSA) is 42.1 Å². The molecule has 6 atom stereocenters. The molecule has 4 fully saturated rings. The third-order valence-corrected chi connectivity index (χ3v) is 9.29. The van der Waals surface area contributed by atoms with E-state index in [1.165, 1.54) is 30.4 Å². The Bertz CT molecular complexity index is 908. The van der Waals surface area contributed by atoms with Crippen LogP contribution < -0.4 is 0 Å². The number of carbonyl (C=O) groups is 1. The lowest BCUT2D eigenvalue weighted by molar-refractivity contribution is -0.147. The number of halogens is 1. The third-order valence-electron chi connectivity index (χ3n) is 9.04. The highest BCUT2D eigenvalue weighted by atomic mass is 35.5. The predicted molar refractivity (Wildman–Crippen MR) is 121 cm³/mol. The molecule has 2 aliphatic carbocycles. The molecule has 0 aromatic heterocycles. The van der Waals surface area contributed by atoms with E-state index in [0.717, 1.165) is 50.5 Å². The average Bonchev–Trinajstić information content (AvgIpc) is 3.46. The van der Waals surface area contributed by atoms with Crippen LogP contribution in [0.2, 0.25) is 5.02 Å². The predicted octanol–water partition coefficient (Wildman–Crippen LogP) is 4.96. The summed E-state index contributed by atoms with van der Waals surface area (Å²) in [5.41, 5.74) is 3.02. The minimum atomic E-state index is 0.0118. The first-order valence-electron chi connectivity index (χ1n) is 12.0. The molecule has 6 rings (SSSR count). The summed E-state index contributed by atoms with van der Waals surface area (Å²) < 4.78 is 12.0. The van der Waals surface area contributed by atoms with Gasteiger partial charge in [-0.25, -0.2) is 0 Å². The first-order chi connectivity index (χ1) is 15.0. The summed E-state index contributed by atoms with van der Waals surface area (Å²) in [6.07, 6.45) is 9.25. The second kappa shape index (κ2) is 7.33. The Morgan fingerprint density at radius 3 is 2.74 bits per heavy atom. The van der Waals surface area contributed by atoms with Crippen LogP contribution in [0.4, 0.5) is 0 Å². The molecule has 6 unspecified atom stereocenters. The maximum atomic E-state index is 12.9. The maximum absolute atomic E-state index is 12.9. The van der Waals surface area contributed by atoms with Crippen molar-refractivity contribution in [3.05, 3.63) is 40.9 Å². The lowest BCUT2D eigenvalue weighted by atomic mass is 9.53. The van der Waals surface area contributed by atoms with Crippen molar-refractivity contribution in [1.82, 2.24) is 4.90 Å². The molecule has 5 heteroatoms. The molecule has 5 aliphatic rings. The fraction of sp³-hybridized carbons (Fsp3) is 0.654. The number of hydrogen-bond acceptors (Lipinski definition) is 4. The lowest BCUT2D eigenvalue weighted by Gasteiger charge is -2.51. The molecule has 31 heavy (non-hydrogen) atoms. The Morgan fingerprint density at radius 1 is 1.23 bits per heavy atom. The summed E-state index contributed by atoms with van der Waals surface area (Å²) in [7, 11) is 0. The van der Waals surface area contributed by atoms with Crippen molar-refractivity contribution in [3.63, 3.8) is 0 Å². The molecule has 4 nitrogen and oxygen atoms in total. The molecule has 3 aliphatic heterocycles. The number of nitrogens with zero attached hydrogens (tertiary/aromatic N) is 1. The van der Waals surface area contributed by atoms with Crippen LogP contribution in [0.25, 0.3) is 5.57 Å². The number of hydrogen-bond donors (Lipinski definition) is 0. The van der Waals surface area contributed by atoms with E-state index in [1.807, 2.05) is 12.1 Å². The minimum absolute atomic E-state index is 0.0118. The molecule has 1 spiro atoms. The van der Waals surface area contributed by atoms with E-state index < -0.39 is 0 Å². The lowest BCUT2D eigenvalue weighted by Crippen LogP contribution is -2.51. The zero-order valence-electron chi connectivity index (χ0n) is 18.3. The quantitative estimate of drug-likeness (QED) is 0.491. The number of benzene rings is 1. The number of rotatable bonds is 3. The SMILES string of the molecule is CC12CCCC3(CO3)C1CC1C(C2)OC(=O)C1CN1CC=C(c2ccc(Cl)cc2)CC1. The fourth-order valence-corrected chi connectivity index (χ4v) is 7.37. The van der Waals surface area contributed by atoms with Crippen molar-refractivity contribution in [3.8, 4) is 0 Å². The largest absolute Gasteiger partial charge is 0.462 e. The number of fused-ring (bicyclic) bond motifs is 3. The van der Waals surface area contributed by atoms with Gasteiger partial charge >= 0.3 is 5.97 Å². The van der Waals surface area contributed by atoms with Crippen molar-refractivity contribution in [2.75, 3.05) is 26.2 Å². The molecule has 0 amide bonds. The molecular weight excluding hydrogens is 410 g/mol. The van der Waals surface area contributed by atoms with Crippen LogP contribution in [0.5, 0.6) is 0 Å². The summed E-state index contributed by atoms with van der Waals surface area (Å²) in [6, 6.07) is 8.11. The molecule has 3 heterocycles. The van der Waals surface area contributed by atoms with Gasteiger partial charge in [0.15, 0.2) is 0 Å². The van der Waals surface area contributed by atoms with Crippen LogP contribution in [-0.4, -0.2) is 48.8 Å². The van der Waals surface area contributed by atoms with Crippen LogP contribution in [0, 0.1) is 23.2 Å². The first-order valence-corrected chi connectivity index (χ1v) is 12.4. The van der Waals surface area contributed by atoms with Gasteiger partial charge in [0.2, 0.25) is 0 Å². The van der Waals surface area contributed by atoms with Crippen molar-refractivity contribution in [1.29, 1.82) is 0 Å². The van der Waals surface area contributed by atoms with Crippen molar-refractivity contribution >= 4 is 23.1 Å². The van der Waals surface area contributed by atoms with Gasteiger partial charge in [-0.3, -0.25) is 9.69 Å². The van der Waals surface area contributed by atoms with Gasteiger partial charge < -0.3 is 9.47 Å². The number of ether oxygens (including phenoxy) is 2. The van der Waals surface area contributed by atoms with Crippen molar-refractivity contribution in [2.45, 2.75) is 57.2 Å². The molecule has 1 aromatic rings. The summed E-state index contributed by atoms with van der Waals surface area (Å²) in [4.78, 5) is 15.3. The highest BCUT2D eigenvalue weighted by Gasteiger charge is 2.65. The molecule has 2 saturated carbocycles. The standard InChI is InChI=1S/C26H32ClNO3/c1-25-9-2-10-26(16-30-26)23(25)13-20-21(24(29)31-22(20)14-25)15-28-11-7-18(8-12-28)17-3-5-19(27)6-4-17/h3-7,20-23H,2,8-16H2,1H3. The third kappa shape index (κ3) is 3.46. The number of esters is 1. The van der Waals surface area contributed by atoms with Crippen LogP contribution >= 0.6 is 11.6 Å². The molecule has 0 radical (unpaired) electrons. The van der Waals surface area contributed by atoms with Crippen molar-refractivity contribution in [2.24, 2.45) is 23.2 Å². The van der Waals surface area contributed by atoms with Crippen molar-refractivity contribution < 1.29 is 14.3 Å². The molecule has 166 valence electrons. The Kier molecular flexibility index (Phi) is 4.79. The Morgan fingerprint density at radius 2 is 2.03 bits per heavy atom. The van der Waals surface area contributed by atoms with Crippen LogP contribution in [0.1, 0.15) is 51.0 Å².